The van der Waals surface area contributed by atoms with Crippen molar-refractivity contribution in [2.24, 2.45) is 0 Å². The van der Waals surface area contributed by atoms with Crippen molar-refractivity contribution in [2.45, 2.75) is 13.3 Å². The molecule has 25 heavy (non-hydrogen) atoms. The van der Waals surface area contributed by atoms with Crippen LogP contribution in [0.1, 0.15) is 33.2 Å². The Hall–Kier alpha value is -2.67. The number of hydrogen-bond acceptors (Lipinski definition) is 4. The van der Waals surface area contributed by atoms with Crippen LogP contribution in [-0.2, 0) is 11.2 Å². The smallest absolute Gasteiger partial charge is 0.280 e. The molecule has 1 N–H and O–H groups in total. The molecule has 0 saturated carbocycles. The number of ether oxygens (including phenoxy) is 1. The predicted octanol–water partition coefficient (Wildman–Crippen LogP) is 2.72. The number of amides is 3. The number of imide groups is 1. The fourth-order valence-electron chi connectivity index (χ4n) is 2.47. The zero-order chi connectivity index (χ0) is 18.0. The van der Waals surface area contributed by atoms with Gasteiger partial charge in [-0.05, 0) is 52.2 Å². The first-order valence-electron chi connectivity index (χ1n) is 7.69. The van der Waals surface area contributed by atoms with Crippen molar-refractivity contribution < 1.29 is 19.1 Å². The summed E-state index contributed by atoms with van der Waals surface area (Å²) >= 11 is 3.39. The molecule has 3 rings (SSSR count). The van der Waals surface area contributed by atoms with E-state index in [-0.39, 0.29) is 17.7 Å². The molecule has 0 bridgehead atoms. The second-order valence-corrected chi connectivity index (χ2v) is 6.29. The lowest BCUT2D eigenvalue weighted by Crippen LogP contribution is -2.47. The number of halogens is 1. The SMILES string of the molecule is CCc1ccc(OCC(=O)NN2C(=O)c3ccccc3C2=O)c(Br)c1. The maximum absolute atomic E-state index is 12.2. The Bertz CT molecular complexity index is 831. The highest BCUT2D eigenvalue weighted by Crippen LogP contribution is 2.26. The first-order valence-corrected chi connectivity index (χ1v) is 8.49. The molecule has 2 aromatic carbocycles. The van der Waals surface area contributed by atoms with Gasteiger partial charge in [0, 0.05) is 0 Å². The largest absolute Gasteiger partial charge is 0.483 e. The van der Waals surface area contributed by atoms with Gasteiger partial charge in [0.15, 0.2) is 6.61 Å². The normalized spacial score (nSPS) is 13.0. The van der Waals surface area contributed by atoms with Crippen LogP contribution >= 0.6 is 15.9 Å². The van der Waals surface area contributed by atoms with Crippen molar-refractivity contribution >= 4 is 33.7 Å². The van der Waals surface area contributed by atoms with E-state index in [1.54, 1.807) is 30.3 Å². The summed E-state index contributed by atoms with van der Waals surface area (Å²) in [6, 6.07) is 12.0. The molecule has 0 fully saturated rings. The standard InChI is InChI=1S/C18H15BrN2O4/c1-2-11-7-8-15(14(19)9-11)25-10-16(22)20-21-17(23)12-5-3-4-6-13(12)18(21)24/h3-9H,2,10H2,1H3,(H,20,22). The van der Waals surface area contributed by atoms with Crippen molar-refractivity contribution in [3.8, 4) is 5.75 Å². The Balaban J connectivity index is 1.62. The van der Waals surface area contributed by atoms with Crippen molar-refractivity contribution in [2.75, 3.05) is 6.61 Å². The van der Waals surface area contributed by atoms with Gasteiger partial charge in [0.1, 0.15) is 5.75 Å². The van der Waals surface area contributed by atoms with Gasteiger partial charge in [-0.25, -0.2) is 0 Å². The molecule has 0 unspecified atom stereocenters. The molecule has 3 amide bonds. The summed E-state index contributed by atoms with van der Waals surface area (Å²) in [5.41, 5.74) is 3.97. The van der Waals surface area contributed by atoms with Crippen molar-refractivity contribution in [3.05, 3.63) is 63.6 Å². The lowest BCUT2D eigenvalue weighted by Gasteiger charge is -2.15. The van der Waals surface area contributed by atoms with Gasteiger partial charge in [0.25, 0.3) is 17.7 Å². The fraction of sp³-hybridized carbons (Fsp3) is 0.167. The van der Waals surface area contributed by atoms with E-state index < -0.39 is 17.7 Å². The highest BCUT2D eigenvalue weighted by atomic mass is 79.9. The van der Waals surface area contributed by atoms with Crippen LogP contribution in [0.2, 0.25) is 0 Å². The van der Waals surface area contributed by atoms with Crippen LogP contribution in [0, 0.1) is 0 Å². The fourth-order valence-corrected chi connectivity index (χ4v) is 3.01. The number of benzene rings is 2. The van der Waals surface area contributed by atoms with Crippen LogP contribution in [0.4, 0.5) is 0 Å². The Morgan fingerprint density at radius 2 is 1.76 bits per heavy atom. The molecular weight excluding hydrogens is 388 g/mol. The minimum absolute atomic E-state index is 0.270. The lowest BCUT2D eigenvalue weighted by molar-refractivity contribution is -0.126. The van der Waals surface area contributed by atoms with Gasteiger partial charge in [0.05, 0.1) is 15.6 Å². The highest BCUT2D eigenvalue weighted by molar-refractivity contribution is 9.10. The second kappa shape index (κ2) is 7.06. The third-order valence-electron chi connectivity index (χ3n) is 3.79. The Morgan fingerprint density at radius 3 is 2.32 bits per heavy atom. The molecule has 0 aromatic heterocycles. The van der Waals surface area contributed by atoms with Crippen molar-refractivity contribution in [3.63, 3.8) is 0 Å². The van der Waals surface area contributed by atoms with Crippen molar-refractivity contribution in [1.82, 2.24) is 10.4 Å². The summed E-state index contributed by atoms with van der Waals surface area (Å²) < 4.78 is 6.18. The minimum atomic E-state index is -0.596. The quantitative estimate of drug-likeness (QED) is 0.780. The van der Waals surface area contributed by atoms with E-state index in [4.69, 9.17) is 4.74 Å². The summed E-state index contributed by atoms with van der Waals surface area (Å²) in [6.07, 6.45) is 0.888. The number of aryl methyl sites for hydroxylation is 1. The second-order valence-electron chi connectivity index (χ2n) is 5.43. The summed E-state index contributed by atoms with van der Waals surface area (Å²) in [4.78, 5) is 36.4. The monoisotopic (exact) mass is 402 g/mol. The first kappa shape index (κ1) is 17.2. The van der Waals surface area contributed by atoms with Crippen LogP contribution < -0.4 is 10.2 Å². The van der Waals surface area contributed by atoms with Gasteiger partial charge in [-0.1, -0.05) is 25.1 Å². The van der Waals surface area contributed by atoms with Gasteiger partial charge in [-0.2, -0.15) is 5.01 Å². The van der Waals surface area contributed by atoms with Crippen molar-refractivity contribution in [1.29, 1.82) is 0 Å². The van der Waals surface area contributed by atoms with E-state index in [1.807, 2.05) is 19.1 Å². The van der Waals surface area contributed by atoms with Gasteiger partial charge >= 0.3 is 0 Å². The molecule has 0 atom stereocenters. The van der Waals surface area contributed by atoms with E-state index in [1.165, 1.54) is 0 Å². The maximum atomic E-state index is 12.2. The zero-order valence-electron chi connectivity index (χ0n) is 13.4. The molecule has 7 heteroatoms. The summed E-state index contributed by atoms with van der Waals surface area (Å²) in [6.45, 7) is 1.72. The van der Waals surface area contributed by atoms with Crippen LogP contribution in [-0.4, -0.2) is 29.3 Å². The molecule has 1 aliphatic rings. The van der Waals surface area contributed by atoms with E-state index in [2.05, 4.69) is 21.4 Å². The van der Waals surface area contributed by atoms with E-state index in [0.717, 1.165) is 16.5 Å². The molecule has 0 spiro atoms. The first-order chi connectivity index (χ1) is 12.0. The molecule has 0 radical (unpaired) electrons. The van der Waals surface area contributed by atoms with Crippen LogP contribution in [0.5, 0.6) is 5.75 Å². The minimum Gasteiger partial charge on any atom is -0.483 e. The topological polar surface area (TPSA) is 75.7 Å². The maximum Gasteiger partial charge on any atom is 0.280 e. The number of hydrazine groups is 1. The molecule has 128 valence electrons. The average Bonchev–Trinajstić information content (AvgIpc) is 2.86. The predicted molar refractivity (Wildman–Crippen MR) is 94.1 cm³/mol. The Labute approximate surface area is 152 Å². The summed E-state index contributed by atoms with van der Waals surface area (Å²) in [5.74, 6) is -1.19. The van der Waals surface area contributed by atoms with Gasteiger partial charge < -0.3 is 4.74 Å². The molecule has 0 aliphatic carbocycles. The third-order valence-corrected chi connectivity index (χ3v) is 4.41. The molecule has 1 heterocycles. The Morgan fingerprint density at radius 1 is 1.12 bits per heavy atom. The van der Waals surface area contributed by atoms with Gasteiger partial charge in [-0.3, -0.25) is 19.8 Å². The summed E-state index contributed by atoms with van der Waals surface area (Å²) in [5, 5.41) is 0.714. The molecule has 0 saturated heterocycles. The number of rotatable bonds is 5. The number of carbonyl (C=O) groups excluding carboxylic acids is 3. The van der Waals surface area contributed by atoms with Crippen LogP contribution in [0.3, 0.4) is 0 Å². The van der Waals surface area contributed by atoms with Gasteiger partial charge in [0.2, 0.25) is 0 Å². The number of carbonyl (C=O) groups is 3. The van der Waals surface area contributed by atoms with E-state index >= 15 is 0 Å². The summed E-state index contributed by atoms with van der Waals surface area (Å²) in [7, 11) is 0. The number of nitrogens with zero attached hydrogens (tertiary/aromatic N) is 1. The van der Waals surface area contributed by atoms with E-state index in [9.17, 15) is 14.4 Å². The molecular formula is C18H15BrN2O4. The number of fused-ring (bicyclic) bond motifs is 1. The van der Waals surface area contributed by atoms with Crippen LogP contribution in [0.25, 0.3) is 0 Å². The zero-order valence-corrected chi connectivity index (χ0v) is 15.0. The van der Waals surface area contributed by atoms with Gasteiger partial charge in [-0.15, -0.1) is 0 Å². The molecule has 6 nitrogen and oxygen atoms in total. The third kappa shape index (κ3) is 3.41. The average molecular weight is 403 g/mol. The molecule has 1 aliphatic heterocycles. The highest BCUT2D eigenvalue weighted by Gasteiger charge is 2.36. The number of hydrogen-bond donors (Lipinski definition) is 1. The lowest BCUT2D eigenvalue weighted by atomic mass is 10.1. The Kier molecular flexibility index (Phi) is 4.85. The van der Waals surface area contributed by atoms with Crippen LogP contribution in [0.15, 0.2) is 46.9 Å². The number of nitrogens with one attached hydrogen (secondary N) is 1. The molecule has 2 aromatic rings. The van der Waals surface area contributed by atoms with E-state index in [0.29, 0.717) is 10.8 Å².